The molecule has 0 bridgehead atoms. The summed E-state index contributed by atoms with van der Waals surface area (Å²) in [5.74, 6) is -0.0183. The molecule has 0 saturated heterocycles. The Kier molecular flexibility index (Phi) is 7.73. The number of nitrogens with zero attached hydrogens (tertiary/aromatic N) is 1. The second-order valence-electron chi connectivity index (χ2n) is 4.57. The first kappa shape index (κ1) is 17.7. The van der Waals surface area contributed by atoms with Crippen LogP contribution in [0, 0.1) is 0 Å². The first-order valence-corrected chi connectivity index (χ1v) is 6.81. The number of amides is 1. The molecule has 8 heteroatoms. The van der Waals surface area contributed by atoms with Gasteiger partial charge in [-0.05, 0) is 17.5 Å². The third-order valence-corrected chi connectivity index (χ3v) is 2.87. The molecule has 0 heterocycles. The summed E-state index contributed by atoms with van der Waals surface area (Å²) < 4.78 is 0. The topological polar surface area (TPSA) is 137 Å². The van der Waals surface area contributed by atoms with Crippen LogP contribution in [0.4, 0.5) is 4.79 Å². The van der Waals surface area contributed by atoms with Crippen molar-refractivity contribution in [1.29, 1.82) is 0 Å². The van der Waals surface area contributed by atoms with Gasteiger partial charge in [-0.15, -0.1) is 0 Å². The predicted octanol–water partition coefficient (Wildman–Crippen LogP) is -0.319. The molecule has 0 spiro atoms. The van der Waals surface area contributed by atoms with Gasteiger partial charge in [0, 0.05) is 13.0 Å². The molecule has 0 aliphatic heterocycles. The molecule has 0 aliphatic rings. The Balaban J connectivity index is 2.75. The van der Waals surface area contributed by atoms with Crippen LogP contribution < -0.4 is 11.1 Å². The van der Waals surface area contributed by atoms with Crippen LogP contribution >= 0.6 is 0 Å². The number of nitrogens with two attached hydrogens (primary N) is 1. The van der Waals surface area contributed by atoms with Crippen LogP contribution in [-0.4, -0.2) is 53.1 Å². The summed E-state index contributed by atoms with van der Waals surface area (Å²) in [5, 5.41) is 32.2. The lowest BCUT2D eigenvalue weighted by molar-refractivity contribution is 0.0974. The summed E-state index contributed by atoms with van der Waals surface area (Å²) in [6, 6.07) is 6.66. The van der Waals surface area contributed by atoms with Crippen LogP contribution in [0.1, 0.15) is 11.1 Å². The van der Waals surface area contributed by atoms with Crippen LogP contribution in [0.25, 0.3) is 0 Å². The van der Waals surface area contributed by atoms with Crippen molar-refractivity contribution < 1.29 is 25.0 Å². The number of oxime groups is 1. The molecule has 1 aromatic carbocycles. The van der Waals surface area contributed by atoms with Gasteiger partial charge in [-0.2, -0.15) is 0 Å². The van der Waals surface area contributed by atoms with Gasteiger partial charge in [-0.25, -0.2) is 4.79 Å². The zero-order valence-electron chi connectivity index (χ0n) is 12.1. The van der Waals surface area contributed by atoms with Gasteiger partial charge < -0.3 is 31.2 Å². The number of carboxylic acid groups (broad SMARTS) is 1. The summed E-state index contributed by atoms with van der Waals surface area (Å²) in [6.45, 7) is -0.152. The average molecular weight is 311 g/mol. The number of carbonyl (C=O) groups is 1. The first-order valence-electron chi connectivity index (χ1n) is 6.81. The second kappa shape index (κ2) is 9.59. The van der Waals surface area contributed by atoms with Crippen LogP contribution in [0.3, 0.4) is 0 Å². The number of hydrogen-bond donors (Lipinski definition) is 5. The van der Waals surface area contributed by atoms with E-state index in [0.29, 0.717) is 12.8 Å². The number of aliphatic hydroxyl groups is 2. The van der Waals surface area contributed by atoms with Gasteiger partial charge in [0.05, 0.1) is 12.6 Å². The van der Waals surface area contributed by atoms with E-state index in [1.807, 2.05) is 24.3 Å². The van der Waals surface area contributed by atoms with Crippen LogP contribution in [0.2, 0.25) is 0 Å². The Bertz CT molecular complexity index is 490. The van der Waals surface area contributed by atoms with E-state index < -0.39 is 12.1 Å². The van der Waals surface area contributed by atoms with Gasteiger partial charge in [0.25, 0.3) is 0 Å². The molecular formula is C14H21N3O5. The molecule has 1 aromatic rings. The molecule has 1 unspecified atom stereocenters. The number of rotatable bonds is 9. The number of hydrogen-bond acceptors (Lipinski definition) is 5. The van der Waals surface area contributed by atoms with E-state index in [1.165, 1.54) is 0 Å². The normalized spacial score (nSPS) is 12.7. The highest BCUT2D eigenvalue weighted by Crippen LogP contribution is 2.08. The lowest BCUT2D eigenvalue weighted by Crippen LogP contribution is -2.45. The first-order chi connectivity index (χ1) is 10.6. The standard InChI is InChI=1S/C14H21N3O5/c15-13(17-22-8-7-19)12(16-14(20)21)9-11-3-1-10(2-4-11)5-6-18/h1-4,12,16,18-19H,5-9H2,(H2,15,17)(H,20,21). The van der Waals surface area contributed by atoms with Gasteiger partial charge in [0.15, 0.2) is 5.84 Å². The Morgan fingerprint density at radius 3 is 2.41 bits per heavy atom. The molecule has 0 fully saturated rings. The van der Waals surface area contributed by atoms with Crippen molar-refractivity contribution in [3.8, 4) is 0 Å². The Morgan fingerprint density at radius 2 is 1.86 bits per heavy atom. The number of aliphatic hydroxyl groups excluding tert-OH is 2. The fourth-order valence-corrected chi connectivity index (χ4v) is 1.81. The van der Waals surface area contributed by atoms with Crippen molar-refractivity contribution in [1.82, 2.24) is 5.32 Å². The summed E-state index contributed by atoms with van der Waals surface area (Å²) >= 11 is 0. The van der Waals surface area contributed by atoms with Gasteiger partial charge in [-0.3, -0.25) is 0 Å². The summed E-state index contributed by atoms with van der Waals surface area (Å²) in [4.78, 5) is 15.6. The molecule has 1 atom stereocenters. The quantitative estimate of drug-likeness (QED) is 0.183. The number of benzene rings is 1. The minimum absolute atomic E-state index is 0.0175. The van der Waals surface area contributed by atoms with Gasteiger partial charge >= 0.3 is 6.09 Å². The second-order valence-corrected chi connectivity index (χ2v) is 4.57. The highest BCUT2D eigenvalue weighted by Gasteiger charge is 2.17. The maximum Gasteiger partial charge on any atom is 0.405 e. The average Bonchev–Trinajstić information content (AvgIpc) is 2.48. The number of amidine groups is 1. The molecule has 6 N–H and O–H groups in total. The van der Waals surface area contributed by atoms with Gasteiger partial charge in [0.2, 0.25) is 0 Å². The lowest BCUT2D eigenvalue weighted by Gasteiger charge is -2.16. The molecule has 1 amide bonds. The van der Waals surface area contributed by atoms with Crippen LogP contribution in [0.15, 0.2) is 29.4 Å². The van der Waals surface area contributed by atoms with E-state index in [1.54, 1.807) is 0 Å². The van der Waals surface area contributed by atoms with E-state index in [-0.39, 0.29) is 25.7 Å². The highest BCUT2D eigenvalue weighted by molar-refractivity contribution is 5.88. The fourth-order valence-electron chi connectivity index (χ4n) is 1.81. The van der Waals surface area contributed by atoms with Crippen molar-refractivity contribution in [2.75, 3.05) is 19.8 Å². The van der Waals surface area contributed by atoms with Crippen molar-refractivity contribution in [3.05, 3.63) is 35.4 Å². The van der Waals surface area contributed by atoms with E-state index in [0.717, 1.165) is 11.1 Å². The van der Waals surface area contributed by atoms with Crippen LogP contribution in [-0.2, 0) is 17.7 Å². The monoisotopic (exact) mass is 311 g/mol. The summed E-state index contributed by atoms with van der Waals surface area (Å²) in [5.41, 5.74) is 7.57. The molecule has 22 heavy (non-hydrogen) atoms. The summed E-state index contributed by atoms with van der Waals surface area (Å²) in [7, 11) is 0. The van der Waals surface area contributed by atoms with Gasteiger partial charge in [0.1, 0.15) is 6.61 Å². The molecule has 0 saturated carbocycles. The summed E-state index contributed by atoms with van der Waals surface area (Å²) in [6.07, 6.45) is -0.346. The van der Waals surface area contributed by atoms with E-state index >= 15 is 0 Å². The fraction of sp³-hybridized carbons (Fsp3) is 0.429. The zero-order chi connectivity index (χ0) is 16.4. The van der Waals surface area contributed by atoms with E-state index in [2.05, 4.69) is 10.5 Å². The molecule has 122 valence electrons. The van der Waals surface area contributed by atoms with Crippen molar-refractivity contribution in [2.24, 2.45) is 10.9 Å². The zero-order valence-corrected chi connectivity index (χ0v) is 12.1. The third kappa shape index (κ3) is 6.42. The predicted molar refractivity (Wildman–Crippen MR) is 80.5 cm³/mol. The van der Waals surface area contributed by atoms with Crippen molar-refractivity contribution in [2.45, 2.75) is 18.9 Å². The third-order valence-electron chi connectivity index (χ3n) is 2.87. The maximum atomic E-state index is 10.8. The lowest BCUT2D eigenvalue weighted by atomic mass is 10.0. The van der Waals surface area contributed by atoms with E-state index in [4.69, 9.17) is 25.9 Å². The molecule has 0 radical (unpaired) electrons. The van der Waals surface area contributed by atoms with Crippen molar-refractivity contribution in [3.63, 3.8) is 0 Å². The largest absolute Gasteiger partial charge is 0.465 e. The van der Waals surface area contributed by atoms with Gasteiger partial charge in [-0.1, -0.05) is 29.4 Å². The Labute approximate surface area is 128 Å². The van der Waals surface area contributed by atoms with Crippen molar-refractivity contribution >= 4 is 11.9 Å². The molecule has 1 rings (SSSR count). The van der Waals surface area contributed by atoms with E-state index in [9.17, 15) is 4.79 Å². The Hall–Kier alpha value is -2.32. The minimum atomic E-state index is -1.22. The van der Waals surface area contributed by atoms with Crippen LogP contribution in [0.5, 0.6) is 0 Å². The smallest absolute Gasteiger partial charge is 0.405 e. The highest BCUT2D eigenvalue weighted by atomic mass is 16.6. The maximum absolute atomic E-state index is 10.8. The Morgan fingerprint density at radius 1 is 1.23 bits per heavy atom. The SMILES string of the molecule is NC(=NOCCO)C(Cc1ccc(CCO)cc1)NC(=O)O. The molecule has 8 nitrogen and oxygen atoms in total. The molecule has 0 aromatic heterocycles. The number of nitrogens with one attached hydrogen (secondary N) is 1. The molecular weight excluding hydrogens is 290 g/mol. The minimum Gasteiger partial charge on any atom is -0.465 e. The molecule has 0 aliphatic carbocycles.